The number of imidazole rings is 1. The maximum Gasteiger partial charge on any atom is 0.151 e. The largest absolute Gasteiger partial charge is 0.489 e. The number of aromatic nitrogens is 4. The van der Waals surface area contributed by atoms with Crippen molar-refractivity contribution in [3.05, 3.63) is 132 Å². The number of nitriles is 1. The zero-order chi connectivity index (χ0) is 26.6. The Morgan fingerprint density at radius 3 is 2.28 bits per heavy atom. The summed E-state index contributed by atoms with van der Waals surface area (Å²) in [6.07, 6.45) is 3.81. The van der Waals surface area contributed by atoms with Gasteiger partial charge in [0.2, 0.25) is 0 Å². The molecule has 0 aliphatic heterocycles. The van der Waals surface area contributed by atoms with Crippen LogP contribution in [0.1, 0.15) is 17.0 Å². The van der Waals surface area contributed by atoms with E-state index < -0.39 is 0 Å². The van der Waals surface area contributed by atoms with Gasteiger partial charge in [-0.3, -0.25) is 0 Å². The second-order valence-electron chi connectivity index (χ2n) is 9.16. The standard InChI is InChI=1S/C33H25N5O/c1-37-31-15-9-8-14-30(31)35-33(37)26(21-34)20-27-22-38(28-12-6-3-7-13-28)36-32(27)25-16-18-29(19-17-25)39-23-24-10-4-2-5-11-24/h2-20,22H,23H2,1H3/b26-20-. The third-order valence-electron chi connectivity index (χ3n) is 6.59. The maximum absolute atomic E-state index is 10.1. The Kier molecular flexibility index (Phi) is 6.46. The molecule has 0 bridgehead atoms. The van der Waals surface area contributed by atoms with Crippen LogP contribution in [0.2, 0.25) is 0 Å². The number of benzene rings is 4. The van der Waals surface area contributed by atoms with Crippen molar-refractivity contribution in [2.75, 3.05) is 0 Å². The molecule has 0 unspecified atom stereocenters. The van der Waals surface area contributed by atoms with E-state index in [-0.39, 0.29) is 0 Å². The van der Waals surface area contributed by atoms with Crippen LogP contribution in [-0.4, -0.2) is 19.3 Å². The molecule has 0 amide bonds. The molecule has 0 fully saturated rings. The minimum absolute atomic E-state index is 0.463. The average Bonchev–Trinajstić information content (AvgIpc) is 3.57. The van der Waals surface area contributed by atoms with Gasteiger partial charge in [0, 0.05) is 24.4 Å². The van der Waals surface area contributed by atoms with Crippen LogP contribution in [0.4, 0.5) is 0 Å². The van der Waals surface area contributed by atoms with Gasteiger partial charge in [-0.25, -0.2) is 9.67 Å². The molecule has 0 spiro atoms. The number of hydrogen-bond donors (Lipinski definition) is 0. The van der Waals surface area contributed by atoms with Crippen molar-refractivity contribution in [2.45, 2.75) is 6.61 Å². The van der Waals surface area contributed by atoms with Crippen molar-refractivity contribution >= 4 is 22.7 Å². The summed E-state index contributed by atoms with van der Waals surface area (Å²) < 4.78 is 9.76. The lowest BCUT2D eigenvalue weighted by molar-refractivity contribution is 0.306. The minimum Gasteiger partial charge on any atom is -0.489 e. The monoisotopic (exact) mass is 507 g/mol. The summed E-state index contributed by atoms with van der Waals surface area (Å²) in [6.45, 7) is 0.500. The fourth-order valence-electron chi connectivity index (χ4n) is 4.57. The number of ether oxygens (including phenoxy) is 1. The van der Waals surface area contributed by atoms with Gasteiger partial charge in [-0.2, -0.15) is 10.4 Å². The molecule has 188 valence electrons. The van der Waals surface area contributed by atoms with Crippen LogP contribution >= 0.6 is 0 Å². The molecule has 39 heavy (non-hydrogen) atoms. The summed E-state index contributed by atoms with van der Waals surface area (Å²) in [4.78, 5) is 4.73. The van der Waals surface area contributed by atoms with Gasteiger partial charge in [-0.1, -0.05) is 60.7 Å². The Morgan fingerprint density at radius 1 is 0.872 bits per heavy atom. The van der Waals surface area contributed by atoms with E-state index in [0.717, 1.165) is 44.9 Å². The molecule has 0 atom stereocenters. The van der Waals surface area contributed by atoms with Crippen LogP contribution in [0.25, 0.3) is 39.6 Å². The van der Waals surface area contributed by atoms with Crippen molar-refractivity contribution in [3.63, 3.8) is 0 Å². The number of allylic oxidation sites excluding steroid dienone is 1. The highest BCUT2D eigenvalue weighted by molar-refractivity contribution is 5.93. The topological polar surface area (TPSA) is 68.7 Å². The van der Waals surface area contributed by atoms with Gasteiger partial charge in [-0.15, -0.1) is 0 Å². The van der Waals surface area contributed by atoms with Crippen molar-refractivity contribution in [1.29, 1.82) is 5.26 Å². The van der Waals surface area contributed by atoms with Crippen LogP contribution in [0.5, 0.6) is 5.75 Å². The first-order valence-electron chi connectivity index (χ1n) is 12.7. The van der Waals surface area contributed by atoms with Crippen LogP contribution in [0.3, 0.4) is 0 Å². The third-order valence-corrected chi connectivity index (χ3v) is 6.59. The van der Waals surface area contributed by atoms with Gasteiger partial charge in [0.15, 0.2) is 5.82 Å². The van der Waals surface area contributed by atoms with Crippen LogP contribution in [-0.2, 0) is 13.7 Å². The van der Waals surface area contributed by atoms with E-state index >= 15 is 0 Å². The Balaban J connectivity index is 1.38. The molecule has 0 aliphatic rings. The molecule has 0 saturated carbocycles. The summed E-state index contributed by atoms with van der Waals surface area (Å²) in [5.74, 6) is 1.39. The van der Waals surface area contributed by atoms with Gasteiger partial charge in [0.25, 0.3) is 0 Å². The molecule has 6 aromatic rings. The molecule has 6 rings (SSSR count). The molecule has 6 nitrogen and oxygen atoms in total. The summed E-state index contributed by atoms with van der Waals surface area (Å²) in [7, 11) is 1.93. The molecule has 6 heteroatoms. The summed E-state index contributed by atoms with van der Waals surface area (Å²) in [6, 6.07) is 38.1. The lowest BCUT2D eigenvalue weighted by Gasteiger charge is -2.07. The van der Waals surface area contributed by atoms with E-state index in [2.05, 4.69) is 6.07 Å². The molecular weight excluding hydrogens is 482 g/mol. The smallest absolute Gasteiger partial charge is 0.151 e. The molecule has 0 N–H and O–H groups in total. The van der Waals surface area contributed by atoms with E-state index in [0.29, 0.717) is 18.0 Å². The molecule has 0 aliphatic carbocycles. The number of hydrogen-bond acceptors (Lipinski definition) is 4. The SMILES string of the molecule is Cn1c(/C(C#N)=C\c2cn(-c3ccccc3)nc2-c2ccc(OCc3ccccc3)cc2)nc2ccccc21. The number of para-hydroxylation sites is 3. The van der Waals surface area contributed by atoms with E-state index in [1.54, 1.807) is 0 Å². The number of rotatable bonds is 7. The van der Waals surface area contributed by atoms with Crippen LogP contribution in [0, 0.1) is 11.3 Å². The highest BCUT2D eigenvalue weighted by Crippen LogP contribution is 2.30. The van der Waals surface area contributed by atoms with Crippen LogP contribution in [0.15, 0.2) is 115 Å². The van der Waals surface area contributed by atoms with Gasteiger partial charge < -0.3 is 9.30 Å². The molecular formula is C33H25N5O. The highest BCUT2D eigenvalue weighted by atomic mass is 16.5. The van der Waals surface area contributed by atoms with E-state index in [4.69, 9.17) is 14.8 Å². The fourth-order valence-corrected chi connectivity index (χ4v) is 4.57. The third kappa shape index (κ3) is 4.94. The molecule has 4 aromatic carbocycles. The first-order valence-corrected chi connectivity index (χ1v) is 12.7. The van der Waals surface area contributed by atoms with E-state index in [1.807, 2.05) is 138 Å². The molecule has 2 heterocycles. The predicted molar refractivity (Wildman–Crippen MR) is 154 cm³/mol. The Labute approximate surface area is 226 Å². The molecule has 2 aromatic heterocycles. The maximum atomic E-state index is 10.1. The van der Waals surface area contributed by atoms with E-state index in [9.17, 15) is 5.26 Å². The molecule has 0 radical (unpaired) electrons. The van der Waals surface area contributed by atoms with Crippen LogP contribution < -0.4 is 4.74 Å². The summed E-state index contributed by atoms with van der Waals surface area (Å²) >= 11 is 0. The van der Waals surface area contributed by atoms with Gasteiger partial charge in [-0.05, 0) is 60.2 Å². The predicted octanol–water partition coefficient (Wildman–Crippen LogP) is 7.07. The first kappa shape index (κ1) is 24.0. The van der Waals surface area contributed by atoms with E-state index in [1.165, 1.54) is 0 Å². The number of aryl methyl sites for hydroxylation is 1. The normalized spacial score (nSPS) is 11.4. The quantitative estimate of drug-likeness (QED) is 0.217. The van der Waals surface area contributed by atoms with Crippen molar-refractivity contribution in [3.8, 4) is 28.8 Å². The summed E-state index contributed by atoms with van der Waals surface area (Å²) in [5.41, 5.74) is 6.84. The molecule has 0 saturated heterocycles. The van der Waals surface area contributed by atoms with Crippen molar-refractivity contribution in [1.82, 2.24) is 19.3 Å². The van der Waals surface area contributed by atoms with Gasteiger partial charge >= 0.3 is 0 Å². The first-order chi connectivity index (χ1) is 19.2. The lowest BCUT2D eigenvalue weighted by atomic mass is 10.1. The Hall–Kier alpha value is -5.41. The zero-order valence-corrected chi connectivity index (χ0v) is 21.4. The van der Waals surface area contributed by atoms with Crippen molar-refractivity contribution in [2.24, 2.45) is 7.05 Å². The minimum atomic E-state index is 0.463. The average molecular weight is 508 g/mol. The highest BCUT2D eigenvalue weighted by Gasteiger charge is 2.16. The second kappa shape index (κ2) is 10.5. The Bertz CT molecular complexity index is 1810. The lowest BCUT2D eigenvalue weighted by Crippen LogP contribution is -1.96. The zero-order valence-electron chi connectivity index (χ0n) is 21.4. The fraction of sp³-hybridized carbons (Fsp3) is 0.0606. The number of fused-ring (bicyclic) bond motifs is 1. The van der Waals surface area contributed by atoms with Crippen molar-refractivity contribution < 1.29 is 4.74 Å². The number of nitrogens with zero attached hydrogens (tertiary/aromatic N) is 5. The Morgan fingerprint density at radius 2 is 1.56 bits per heavy atom. The van der Waals surface area contributed by atoms with Gasteiger partial charge in [0.1, 0.15) is 18.4 Å². The van der Waals surface area contributed by atoms with Gasteiger partial charge in [0.05, 0.1) is 28.0 Å². The summed E-state index contributed by atoms with van der Waals surface area (Å²) in [5, 5.41) is 15.1. The second-order valence-corrected chi connectivity index (χ2v) is 9.16.